The van der Waals surface area contributed by atoms with Crippen LogP contribution < -0.4 is 5.73 Å². The van der Waals surface area contributed by atoms with Crippen LogP contribution >= 0.6 is 0 Å². The molecular formula is C10H13N5. The molecule has 0 radical (unpaired) electrons. The normalized spacial score (nSPS) is 12.7. The van der Waals surface area contributed by atoms with E-state index in [4.69, 9.17) is 5.73 Å². The summed E-state index contributed by atoms with van der Waals surface area (Å²) in [5, 5.41) is 11.3. The predicted octanol–water partition coefficient (Wildman–Crippen LogP) is 0.990. The van der Waals surface area contributed by atoms with E-state index in [2.05, 4.69) is 15.5 Å². The Morgan fingerprint density at radius 2 is 1.93 bits per heavy atom. The average molecular weight is 203 g/mol. The van der Waals surface area contributed by atoms with Crippen molar-refractivity contribution >= 4 is 0 Å². The lowest BCUT2D eigenvalue weighted by Crippen LogP contribution is -2.05. The molecule has 0 bridgehead atoms. The highest BCUT2D eigenvalue weighted by Crippen LogP contribution is 2.13. The maximum absolute atomic E-state index is 5.77. The molecule has 0 fully saturated rings. The van der Waals surface area contributed by atoms with Gasteiger partial charge >= 0.3 is 0 Å². The van der Waals surface area contributed by atoms with Crippen molar-refractivity contribution in [1.82, 2.24) is 20.2 Å². The highest BCUT2D eigenvalue weighted by Gasteiger charge is 2.04. The first-order valence-electron chi connectivity index (χ1n) is 4.79. The van der Waals surface area contributed by atoms with E-state index in [1.165, 1.54) is 0 Å². The first-order chi connectivity index (χ1) is 7.18. The van der Waals surface area contributed by atoms with Crippen LogP contribution in [0.5, 0.6) is 0 Å². The third-order valence-corrected chi connectivity index (χ3v) is 2.29. The second-order valence-electron chi connectivity index (χ2n) is 3.52. The summed E-state index contributed by atoms with van der Waals surface area (Å²) >= 11 is 0. The van der Waals surface area contributed by atoms with E-state index in [0.717, 1.165) is 17.1 Å². The molecule has 0 saturated heterocycles. The molecule has 2 N–H and O–H groups in total. The molecule has 1 aromatic carbocycles. The monoisotopic (exact) mass is 203 g/mol. The molecule has 0 aliphatic carbocycles. The molecule has 2 rings (SSSR count). The Balaban J connectivity index is 2.36. The van der Waals surface area contributed by atoms with E-state index < -0.39 is 0 Å². The summed E-state index contributed by atoms with van der Waals surface area (Å²) in [4.78, 5) is 0. The molecule has 0 aliphatic heterocycles. The van der Waals surface area contributed by atoms with Gasteiger partial charge in [-0.3, -0.25) is 0 Å². The summed E-state index contributed by atoms with van der Waals surface area (Å²) in [6, 6.07) is 7.95. The van der Waals surface area contributed by atoms with Crippen molar-refractivity contribution < 1.29 is 0 Å². The molecule has 1 atom stereocenters. The smallest absolute Gasteiger partial charge is 0.153 e. The lowest BCUT2D eigenvalue weighted by molar-refractivity contribution is 0.775. The number of aryl methyl sites for hydroxylation is 1. The van der Waals surface area contributed by atoms with Crippen LogP contribution in [-0.4, -0.2) is 20.2 Å². The second kappa shape index (κ2) is 3.78. The zero-order valence-corrected chi connectivity index (χ0v) is 8.75. The van der Waals surface area contributed by atoms with E-state index in [1.807, 2.05) is 38.1 Å². The average Bonchev–Trinajstić information content (AvgIpc) is 2.65. The van der Waals surface area contributed by atoms with Crippen molar-refractivity contribution in [3.63, 3.8) is 0 Å². The Morgan fingerprint density at radius 1 is 1.27 bits per heavy atom. The fourth-order valence-electron chi connectivity index (χ4n) is 1.39. The van der Waals surface area contributed by atoms with E-state index in [9.17, 15) is 0 Å². The van der Waals surface area contributed by atoms with Gasteiger partial charge in [0.25, 0.3) is 0 Å². The predicted molar refractivity (Wildman–Crippen MR) is 56.5 cm³/mol. The third kappa shape index (κ3) is 1.87. The van der Waals surface area contributed by atoms with Crippen LogP contribution in [0.2, 0.25) is 0 Å². The van der Waals surface area contributed by atoms with Crippen molar-refractivity contribution in [2.45, 2.75) is 19.9 Å². The summed E-state index contributed by atoms with van der Waals surface area (Å²) in [6.07, 6.45) is 0. The highest BCUT2D eigenvalue weighted by molar-refractivity contribution is 5.34. The Bertz CT molecular complexity index is 443. The molecule has 0 saturated carbocycles. The molecule has 1 heterocycles. The third-order valence-electron chi connectivity index (χ3n) is 2.29. The minimum Gasteiger partial charge on any atom is -0.324 e. The Kier molecular flexibility index (Phi) is 2.47. The highest BCUT2D eigenvalue weighted by atomic mass is 15.5. The minimum atomic E-state index is 0.0500. The molecule has 78 valence electrons. The van der Waals surface area contributed by atoms with Crippen LogP contribution in [0.25, 0.3) is 5.69 Å². The zero-order valence-electron chi connectivity index (χ0n) is 8.75. The first-order valence-corrected chi connectivity index (χ1v) is 4.79. The van der Waals surface area contributed by atoms with Gasteiger partial charge in [-0.1, -0.05) is 12.1 Å². The molecule has 5 heteroatoms. The van der Waals surface area contributed by atoms with Crippen molar-refractivity contribution in [2.24, 2.45) is 5.73 Å². The number of rotatable bonds is 2. The molecule has 15 heavy (non-hydrogen) atoms. The molecule has 0 aliphatic rings. The van der Waals surface area contributed by atoms with E-state index >= 15 is 0 Å². The van der Waals surface area contributed by atoms with Crippen molar-refractivity contribution in [1.29, 1.82) is 0 Å². The lowest BCUT2D eigenvalue weighted by atomic mass is 10.1. The molecular weight excluding hydrogens is 190 g/mol. The number of tetrazole rings is 1. The molecule has 0 amide bonds. The van der Waals surface area contributed by atoms with Gasteiger partial charge < -0.3 is 5.73 Å². The van der Waals surface area contributed by atoms with Gasteiger partial charge in [0.15, 0.2) is 5.82 Å². The van der Waals surface area contributed by atoms with Crippen LogP contribution in [-0.2, 0) is 0 Å². The van der Waals surface area contributed by atoms with Gasteiger partial charge in [0.2, 0.25) is 0 Å². The SMILES string of the molecule is Cc1nnnn1-c1ccc(C(C)N)cc1. The van der Waals surface area contributed by atoms with Gasteiger partial charge in [-0.15, -0.1) is 5.10 Å². The summed E-state index contributed by atoms with van der Waals surface area (Å²) in [5.74, 6) is 0.767. The Morgan fingerprint density at radius 3 is 2.40 bits per heavy atom. The van der Waals surface area contributed by atoms with Gasteiger partial charge in [0.1, 0.15) is 0 Å². The summed E-state index contributed by atoms with van der Waals surface area (Å²) in [6.45, 7) is 3.82. The zero-order chi connectivity index (χ0) is 10.8. The quantitative estimate of drug-likeness (QED) is 0.790. The van der Waals surface area contributed by atoms with Gasteiger partial charge in [-0.25, -0.2) is 0 Å². The standard InChI is InChI=1S/C10H13N5/c1-7(11)9-3-5-10(6-4-9)15-8(2)12-13-14-15/h3-7H,11H2,1-2H3. The Hall–Kier alpha value is -1.75. The fourth-order valence-corrected chi connectivity index (χ4v) is 1.39. The molecule has 2 aromatic rings. The Labute approximate surface area is 87.9 Å². The minimum absolute atomic E-state index is 0.0500. The number of aromatic nitrogens is 4. The van der Waals surface area contributed by atoms with Crippen LogP contribution in [0, 0.1) is 6.92 Å². The van der Waals surface area contributed by atoms with Crippen LogP contribution in [0.15, 0.2) is 24.3 Å². The molecule has 5 nitrogen and oxygen atoms in total. The first kappa shape index (κ1) is 9.79. The lowest BCUT2D eigenvalue weighted by Gasteiger charge is -2.06. The fraction of sp³-hybridized carbons (Fsp3) is 0.300. The number of benzene rings is 1. The van der Waals surface area contributed by atoms with Crippen molar-refractivity contribution in [3.05, 3.63) is 35.7 Å². The van der Waals surface area contributed by atoms with Gasteiger partial charge in [-0.05, 0) is 42.0 Å². The van der Waals surface area contributed by atoms with Crippen molar-refractivity contribution in [3.8, 4) is 5.69 Å². The van der Waals surface area contributed by atoms with Crippen LogP contribution in [0.4, 0.5) is 0 Å². The van der Waals surface area contributed by atoms with Gasteiger partial charge in [0.05, 0.1) is 5.69 Å². The summed E-state index contributed by atoms with van der Waals surface area (Å²) < 4.78 is 1.69. The van der Waals surface area contributed by atoms with Crippen LogP contribution in [0.3, 0.4) is 0 Å². The van der Waals surface area contributed by atoms with E-state index in [1.54, 1.807) is 4.68 Å². The number of nitrogens with zero attached hydrogens (tertiary/aromatic N) is 4. The summed E-state index contributed by atoms with van der Waals surface area (Å²) in [7, 11) is 0. The maximum Gasteiger partial charge on any atom is 0.153 e. The number of hydrogen-bond acceptors (Lipinski definition) is 4. The van der Waals surface area contributed by atoms with Gasteiger partial charge in [-0.2, -0.15) is 4.68 Å². The van der Waals surface area contributed by atoms with Gasteiger partial charge in [0, 0.05) is 6.04 Å². The molecule has 1 aromatic heterocycles. The van der Waals surface area contributed by atoms with Crippen LogP contribution in [0.1, 0.15) is 24.4 Å². The maximum atomic E-state index is 5.77. The largest absolute Gasteiger partial charge is 0.324 e. The van der Waals surface area contributed by atoms with E-state index in [-0.39, 0.29) is 6.04 Å². The summed E-state index contributed by atoms with van der Waals surface area (Å²) in [5.41, 5.74) is 7.81. The second-order valence-corrected chi connectivity index (χ2v) is 3.52. The molecule has 0 spiro atoms. The number of hydrogen-bond donors (Lipinski definition) is 1. The van der Waals surface area contributed by atoms with Crippen molar-refractivity contribution in [2.75, 3.05) is 0 Å². The topological polar surface area (TPSA) is 69.6 Å². The van der Waals surface area contributed by atoms with E-state index in [0.29, 0.717) is 0 Å². The molecule has 1 unspecified atom stereocenters. The number of nitrogens with two attached hydrogens (primary N) is 1.